The molecule has 4 heteroatoms. The van der Waals surface area contributed by atoms with E-state index in [-0.39, 0.29) is 47.8 Å². The Morgan fingerprint density at radius 1 is 1.38 bits per heavy atom. The summed E-state index contributed by atoms with van der Waals surface area (Å²) in [4.78, 5) is 24.2. The smallest absolute Gasteiger partial charge is 0.333 e. The molecule has 4 nitrogen and oxygen atoms in total. The molecule has 0 spiro atoms. The van der Waals surface area contributed by atoms with Crippen LogP contribution < -0.4 is 0 Å². The van der Waals surface area contributed by atoms with Gasteiger partial charge in [-0.05, 0) is 44.6 Å². The quantitative estimate of drug-likeness (QED) is 0.441. The van der Waals surface area contributed by atoms with Crippen LogP contribution in [0.5, 0.6) is 0 Å². The van der Waals surface area contributed by atoms with Gasteiger partial charge in [-0.2, -0.15) is 0 Å². The summed E-state index contributed by atoms with van der Waals surface area (Å²) in [5.41, 5.74) is 2.63. The zero-order chi connectivity index (χ0) is 17.6. The number of hydrogen-bond acceptors (Lipinski definition) is 4. The number of hydrogen-bond donors (Lipinski definition) is 0. The molecule has 0 unspecified atom stereocenters. The molecule has 3 rings (SSSR count). The van der Waals surface area contributed by atoms with Gasteiger partial charge in [0.25, 0.3) is 0 Å². The van der Waals surface area contributed by atoms with Crippen LogP contribution in [0.25, 0.3) is 0 Å². The molecule has 6 atom stereocenters. The molecular formula is C20H26O4. The standard InChI is InChI=1S/C20H26O4/c1-6-10(2)19(21)23-16-9-15-11(3)7-8-14-12(4)20(22)24-18(14)17(15)13(16)5/h6,12,14-18H,3,5,7-9H2,1-2,4H3/b10-6-/t12-,14+,15-,16-,17-,18-/m0/s1. The van der Waals surface area contributed by atoms with Gasteiger partial charge in [0.15, 0.2) is 0 Å². The van der Waals surface area contributed by atoms with E-state index in [0.717, 1.165) is 18.4 Å². The molecule has 3 aliphatic rings. The van der Waals surface area contributed by atoms with Gasteiger partial charge >= 0.3 is 11.9 Å². The molecule has 0 aromatic rings. The fraction of sp³-hybridized carbons (Fsp3) is 0.600. The van der Waals surface area contributed by atoms with E-state index >= 15 is 0 Å². The second kappa shape index (κ2) is 6.23. The summed E-state index contributed by atoms with van der Waals surface area (Å²) in [6, 6.07) is 0. The van der Waals surface area contributed by atoms with Gasteiger partial charge in [-0.25, -0.2) is 4.79 Å². The van der Waals surface area contributed by atoms with E-state index in [4.69, 9.17) is 9.47 Å². The molecule has 0 bridgehead atoms. The molecule has 2 saturated carbocycles. The van der Waals surface area contributed by atoms with Crippen LogP contribution in [-0.4, -0.2) is 24.1 Å². The van der Waals surface area contributed by atoms with Crippen molar-refractivity contribution < 1.29 is 19.1 Å². The zero-order valence-electron chi connectivity index (χ0n) is 14.7. The first-order chi connectivity index (χ1) is 11.3. The van der Waals surface area contributed by atoms with Gasteiger partial charge in [-0.3, -0.25) is 4.79 Å². The predicted octanol–water partition coefficient (Wildman–Crippen LogP) is 3.58. The van der Waals surface area contributed by atoms with Gasteiger partial charge in [-0.1, -0.05) is 31.7 Å². The van der Waals surface area contributed by atoms with Crippen molar-refractivity contribution in [3.8, 4) is 0 Å². The third-order valence-electron chi connectivity index (χ3n) is 6.11. The third kappa shape index (κ3) is 2.62. The molecule has 0 amide bonds. The first kappa shape index (κ1) is 17.0. The maximum atomic E-state index is 12.1. The van der Waals surface area contributed by atoms with Crippen molar-refractivity contribution in [1.29, 1.82) is 0 Å². The van der Waals surface area contributed by atoms with Gasteiger partial charge in [0.05, 0.1) is 5.92 Å². The van der Waals surface area contributed by atoms with Gasteiger partial charge in [0, 0.05) is 17.4 Å². The first-order valence-electron chi connectivity index (χ1n) is 8.75. The summed E-state index contributed by atoms with van der Waals surface area (Å²) in [6.45, 7) is 14.0. The number of esters is 2. The normalized spacial score (nSPS) is 39.1. The molecule has 1 saturated heterocycles. The van der Waals surface area contributed by atoms with Crippen molar-refractivity contribution >= 4 is 11.9 Å². The van der Waals surface area contributed by atoms with Crippen LogP contribution >= 0.6 is 0 Å². The highest BCUT2D eigenvalue weighted by Gasteiger charge is 2.54. The largest absolute Gasteiger partial charge is 0.461 e. The van der Waals surface area contributed by atoms with Crippen LogP contribution in [0.1, 0.15) is 40.0 Å². The van der Waals surface area contributed by atoms with Crippen LogP contribution in [0.15, 0.2) is 36.0 Å². The molecule has 0 N–H and O–H groups in total. The number of ether oxygens (including phenoxy) is 2. The number of carbonyl (C=O) groups is 2. The van der Waals surface area contributed by atoms with Crippen molar-refractivity contribution in [2.24, 2.45) is 23.7 Å². The van der Waals surface area contributed by atoms with E-state index < -0.39 is 0 Å². The predicted molar refractivity (Wildman–Crippen MR) is 91.0 cm³/mol. The van der Waals surface area contributed by atoms with E-state index in [1.54, 1.807) is 13.0 Å². The molecule has 1 aliphatic heterocycles. The minimum absolute atomic E-state index is 0.0163. The number of allylic oxidation sites excluding steroid dienone is 2. The monoisotopic (exact) mass is 330 g/mol. The molecular weight excluding hydrogens is 304 g/mol. The average molecular weight is 330 g/mol. The van der Waals surface area contributed by atoms with Crippen LogP contribution in [0.3, 0.4) is 0 Å². The second-order valence-electron chi connectivity index (χ2n) is 7.36. The summed E-state index contributed by atoms with van der Waals surface area (Å²) >= 11 is 0. The molecule has 3 fully saturated rings. The van der Waals surface area contributed by atoms with Crippen LogP contribution in [0.4, 0.5) is 0 Å². The van der Waals surface area contributed by atoms with Gasteiger partial charge in [-0.15, -0.1) is 0 Å². The minimum atomic E-state index is -0.326. The summed E-state index contributed by atoms with van der Waals surface area (Å²) in [5.74, 6) is -0.112. The van der Waals surface area contributed by atoms with Gasteiger partial charge in [0.2, 0.25) is 0 Å². The first-order valence-corrected chi connectivity index (χ1v) is 8.75. The lowest BCUT2D eigenvalue weighted by Gasteiger charge is -2.26. The highest BCUT2D eigenvalue weighted by Crippen LogP contribution is 2.52. The van der Waals surface area contributed by atoms with E-state index in [1.165, 1.54) is 5.57 Å². The van der Waals surface area contributed by atoms with Crippen molar-refractivity contribution in [2.45, 2.75) is 52.2 Å². The van der Waals surface area contributed by atoms with Crippen molar-refractivity contribution in [2.75, 3.05) is 0 Å². The van der Waals surface area contributed by atoms with Crippen LogP contribution in [0, 0.1) is 23.7 Å². The van der Waals surface area contributed by atoms with Crippen LogP contribution in [0.2, 0.25) is 0 Å². The topological polar surface area (TPSA) is 52.6 Å². The molecule has 130 valence electrons. The SMILES string of the molecule is C=C1[C@@H]2[C@H]3OC(=O)[C@@H](C)[C@H]3CCC(=C)[C@@H]2C[C@@H]1OC(=O)/C(C)=C\C. The zero-order valence-corrected chi connectivity index (χ0v) is 14.7. The Balaban J connectivity index is 1.85. The molecule has 0 radical (unpaired) electrons. The second-order valence-corrected chi connectivity index (χ2v) is 7.36. The Kier molecular flexibility index (Phi) is 4.41. The highest BCUT2D eigenvalue weighted by molar-refractivity contribution is 5.88. The average Bonchev–Trinajstić information content (AvgIpc) is 2.97. The number of carbonyl (C=O) groups excluding carboxylic acids is 2. The van der Waals surface area contributed by atoms with Gasteiger partial charge in [0.1, 0.15) is 12.2 Å². The van der Waals surface area contributed by atoms with Gasteiger partial charge < -0.3 is 9.47 Å². The molecule has 0 aromatic carbocycles. The van der Waals surface area contributed by atoms with E-state index in [0.29, 0.717) is 12.0 Å². The fourth-order valence-corrected chi connectivity index (χ4v) is 4.41. The van der Waals surface area contributed by atoms with E-state index in [1.807, 2.05) is 13.8 Å². The summed E-state index contributed by atoms with van der Waals surface area (Å²) in [6.07, 6.45) is 3.78. The molecule has 1 heterocycles. The van der Waals surface area contributed by atoms with Crippen molar-refractivity contribution in [3.63, 3.8) is 0 Å². The maximum absolute atomic E-state index is 12.1. The van der Waals surface area contributed by atoms with E-state index in [2.05, 4.69) is 13.2 Å². The minimum Gasteiger partial charge on any atom is -0.461 e. The van der Waals surface area contributed by atoms with Crippen molar-refractivity contribution in [3.05, 3.63) is 36.0 Å². The van der Waals surface area contributed by atoms with Crippen LogP contribution in [-0.2, 0) is 19.1 Å². The Morgan fingerprint density at radius 3 is 2.75 bits per heavy atom. The van der Waals surface area contributed by atoms with E-state index in [9.17, 15) is 9.59 Å². The summed E-state index contributed by atoms with van der Waals surface area (Å²) in [5, 5.41) is 0. The molecule has 24 heavy (non-hydrogen) atoms. The lowest BCUT2D eigenvalue weighted by atomic mass is 9.80. The Hall–Kier alpha value is -1.84. The summed E-state index contributed by atoms with van der Waals surface area (Å²) in [7, 11) is 0. The molecule has 2 aliphatic carbocycles. The third-order valence-corrected chi connectivity index (χ3v) is 6.11. The number of rotatable bonds is 2. The Bertz CT molecular complexity index is 630. The molecule has 0 aromatic heterocycles. The lowest BCUT2D eigenvalue weighted by molar-refractivity contribution is -0.146. The maximum Gasteiger partial charge on any atom is 0.333 e. The Morgan fingerprint density at radius 2 is 2.08 bits per heavy atom. The number of fused-ring (bicyclic) bond motifs is 3. The highest BCUT2D eigenvalue weighted by atomic mass is 16.6. The Labute approximate surface area is 143 Å². The fourth-order valence-electron chi connectivity index (χ4n) is 4.41. The summed E-state index contributed by atoms with van der Waals surface area (Å²) < 4.78 is 11.4. The van der Waals surface area contributed by atoms with Crippen molar-refractivity contribution in [1.82, 2.24) is 0 Å². The lowest BCUT2D eigenvalue weighted by Crippen LogP contribution is -2.30.